The maximum Gasteiger partial charge on any atom is 0.315 e. The van der Waals surface area contributed by atoms with Gasteiger partial charge in [0.1, 0.15) is 17.8 Å². The molecular formula is C25H34FN2O2+. The molecule has 0 aromatic heterocycles. The third-order valence-corrected chi connectivity index (χ3v) is 8.35. The number of hydrogen-bond donors (Lipinski definition) is 1. The summed E-state index contributed by atoms with van der Waals surface area (Å²) < 4.78 is 19.1. The van der Waals surface area contributed by atoms with Gasteiger partial charge in [-0.15, -0.1) is 0 Å². The maximum absolute atomic E-state index is 13.2. The van der Waals surface area contributed by atoms with Gasteiger partial charge in [0, 0.05) is 11.6 Å². The van der Waals surface area contributed by atoms with Crippen LogP contribution in [-0.2, 0) is 9.53 Å². The molecule has 2 saturated heterocycles. The summed E-state index contributed by atoms with van der Waals surface area (Å²) in [7, 11) is 0. The van der Waals surface area contributed by atoms with Gasteiger partial charge in [-0.05, 0) is 68.7 Å². The second kappa shape index (κ2) is 7.67. The van der Waals surface area contributed by atoms with Crippen LogP contribution in [0.3, 0.4) is 0 Å². The largest absolute Gasteiger partial charge is 0.462 e. The van der Waals surface area contributed by atoms with Crippen LogP contribution in [0.1, 0.15) is 46.0 Å². The van der Waals surface area contributed by atoms with Crippen molar-refractivity contribution in [1.29, 1.82) is 0 Å². The fourth-order valence-electron chi connectivity index (χ4n) is 6.59. The van der Waals surface area contributed by atoms with Gasteiger partial charge in [-0.25, -0.2) is 4.39 Å². The fourth-order valence-corrected chi connectivity index (χ4v) is 6.59. The lowest BCUT2D eigenvalue weighted by molar-refractivity contribution is -0.903. The van der Waals surface area contributed by atoms with Gasteiger partial charge in [-0.2, -0.15) is 0 Å². The molecule has 4 aliphatic rings. The van der Waals surface area contributed by atoms with Gasteiger partial charge < -0.3 is 14.5 Å². The Morgan fingerprint density at radius 1 is 1.23 bits per heavy atom. The molecule has 1 N–H and O–H groups in total. The van der Waals surface area contributed by atoms with Crippen molar-refractivity contribution in [2.24, 2.45) is 17.3 Å². The molecule has 1 aromatic rings. The summed E-state index contributed by atoms with van der Waals surface area (Å²) in [6.45, 7) is 9.50. The molecule has 5 heteroatoms. The van der Waals surface area contributed by atoms with E-state index in [1.165, 1.54) is 36.3 Å². The van der Waals surface area contributed by atoms with Crippen molar-refractivity contribution >= 4 is 11.7 Å². The second-order valence-corrected chi connectivity index (χ2v) is 10.2. The van der Waals surface area contributed by atoms with Crippen LogP contribution in [0.2, 0.25) is 0 Å². The van der Waals surface area contributed by atoms with Crippen molar-refractivity contribution in [1.82, 2.24) is 0 Å². The Bertz CT molecular complexity index is 843. The van der Waals surface area contributed by atoms with Crippen LogP contribution < -0.4 is 9.80 Å². The Morgan fingerprint density at radius 3 is 2.70 bits per heavy atom. The number of halogens is 1. The minimum absolute atomic E-state index is 0.0362. The lowest BCUT2D eigenvalue weighted by Gasteiger charge is -2.45. The topological polar surface area (TPSA) is 34.0 Å². The number of hydrogen-bond acceptors (Lipinski definition) is 3. The maximum atomic E-state index is 13.2. The normalized spacial score (nSPS) is 34.6. The Hall–Kier alpha value is -1.88. The van der Waals surface area contributed by atoms with Crippen LogP contribution in [0, 0.1) is 23.1 Å². The van der Waals surface area contributed by atoms with Crippen molar-refractivity contribution in [3.8, 4) is 0 Å². The van der Waals surface area contributed by atoms with E-state index in [1.807, 2.05) is 12.1 Å². The minimum atomic E-state index is -0.191. The minimum Gasteiger partial charge on any atom is -0.462 e. The van der Waals surface area contributed by atoms with Crippen LogP contribution >= 0.6 is 0 Å². The molecule has 2 heterocycles. The third kappa shape index (κ3) is 3.55. The molecular weight excluding hydrogens is 379 g/mol. The smallest absolute Gasteiger partial charge is 0.315 e. The number of carbonyl (C=O) groups is 1. The van der Waals surface area contributed by atoms with Crippen molar-refractivity contribution in [3.05, 3.63) is 41.2 Å². The van der Waals surface area contributed by atoms with Crippen molar-refractivity contribution in [3.63, 3.8) is 0 Å². The number of nitrogens with zero attached hydrogens (tertiary/aromatic N) is 1. The van der Waals surface area contributed by atoms with E-state index in [0.29, 0.717) is 5.92 Å². The third-order valence-electron chi connectivity index (χ3n) is 8.35. The van der Waals surface area contributed by atoms with Crippen LogP contribution in [0.25, 0.3) is 0 Å². The van der Waals surface area contributed by atoms with Crippen molar-refractivity contribution < 1.29 is 18.8 Å². The van der Waals surface area contributed by atoms with Crippen LogP contribution in [0.5, 0.6) is 0 Å². The lowest BCUT2D eigenvalue weighted by Crippen LogP contribution is -3.15. The number of anilines is 1. The standard InChI is InChI=1S/C25H33FN2O2/c1-17-4-3-9-25(2)15-23-20(14-22(17)25)21(24(29)30-23)16-27-10-12-28(13-11-27)19-7-5-18(26)6-8-19/h5-8,20-21,23H,3-4,9-16H2,1-2H3/p+1/t20-,21-,23-,25-/m1/s1. The van der Waals surface area contributed by atoms with E-state index < -0.39 is 0 Å². The zero-order valence-corrected chi connectivity index (χ0v) is 18.3. The highest BCUT2D eigenvalue weighted by Gasteiger charge is 2.54. The van der Waals surface area contributed by atoms with E-state index in [-0.39, 0.29) is 29.2 Å². The highest BCUT2D eigenvalue weighted by Crippen LogP contribution is 2.54. The van der Waals surface area contributed by atoms with Gasteiger partial charge in [0.2, 0.25) is 0 Å². The van der Waals surface area contributed by atoms with Crippen LogP contribution in [-0.4, -0.2) is 44.8 Å². The van der Waals surface area contributed by atoms with Gasteiger partial charge in [0.15, 0.2) is 0 Å². The van der Waals surface area contributed by atoms with E-state index >= 15 is 0 Å². The Labute approximate surface area is 179 Å². The van der Waals surface area contributed by atoms with Gasteiger partial charge >= 0.3 is 5.97 Å². The number of esters is 1. The number of fused-ring (bicyclic) bond motifs is 2. The molecule has 162 valence electrons. The molecule has 2 aliphatic carbocycles. The molecule has 0 bridgehead atoms. The predicted octanol–water partition coefficient (Wildman–Crippen LogP) is 2.99. The average Bonchev–Trinajstić information content (AvgIpc) is 3.01. The first kappa shape index (κ1) is 20.0. The molecule has 3 fully saturated rings. The molecule has 0 amide bonds. The summed E-state index contributed by atoms with van der Waals surface area (Å²) in [5.41, 5.74) is 4.53. The predicted molar refractivity (Wildman–Crippen MR) is 115 cm³/mol. The van der Waals surface area contributed by atoms with Gasteiger partial charge in [0.25, 0.3) is 0 Å². The zero-order chi connectivity index (χ0) is 20.9. The number of ether oxygens (including phenoxy) is 1. The zero-order valence-electron chi connectivity index (χ0n) is 18.3. The van der Waals surface area contributed by atoms with Gasteiger partial charge in [-0.1, -0.05) is 18.1 Å². The van der Waals surface area contributed by atoms with Gasteiger partial charge in [-0.3, -0.25) is 4.79 Å². The monoisotopic (exact) mass is 413 g/mol. The first-order valence-corrected chi connectivity index (χ1v) is 11.7. The molecule has 4 atom stereocenters. The molecule has 0 spiro atoms. The number of carbonyl (C=O) groups excluding carboxylic acids is 1. The first-order valence-electron chi connectivity index (χ1n) is 11.7. The van der Waals surface area contributed by atoms with E-state index in [1.54, 1.807) is 11.1 Å². The summed E-state index contributed by atoms with van der Waals surface area (Å²) in [5.74, 6) is 0.244. The Morgan fingerprint density at radius 2 is 1.97 bits per heavy atom. The fraction of sp³-hybridized carbons (Fsp3) is 0.640. The molecule has 4 nitrogen and oxygen atoms in total. The summed E-state index contributed by atoms with van der Waals surface area (Å²) in [5, 5.41) is 0. The quantitative estimate of drug-likeness (QED) is 0.611. The second-order valence-electron chi connectivity index (χ2n) is 10.2. The Kier molecular flexibility index (Phi) is 5.12. The van der Waals surface area contributed by atoms with Gasteiger partial charge in [0.05, 0.1) is 32.7 Å². The molecule has 0 unspecified atom stereocenters. The van der Waals surface area contributed by atoms with E-state index in [0.717, 1.165) is 51.3 Å². The summed E-state index contributed by atoms with van der Waals surface area (Å²) >= 11 is 0. The van der Waals surface area contributed by atoms with Crippen LogP contribution in [0.15, 0.2) is 35.4 Å². The Balaban J connectivity index is 1.24. The first-order chi connectivity index (χ1) is 14.4. The highest BCUT2D eigenvalue weighted by molar-refractivity contribution is 5.75. The van der Waals surface area contributed by atoms with E-state index in [2.05, 4.69) is 18.7 Å². The number of benzene rings is 1. The summed E-state index contributed by atoms with van der Waals surface area (Å²) in [4.78, 5) is 16.6. The summed E-state index contributed by atoms with van der Waals surface area (Å²) in [6, 6.07) is 6.78. The molecule has 1 aromatic carbocycles. The number of piperazine rings is 1. The van der Waals surface area contributed by atoms with Crippen molar-refractivity contribution in [2.45, 2.75) is 52.1 Å². The summed E-state index contributed by atoms with van der Waals surface area (Å²) in [6.07, 6.45) is 5.91. The lowest BCUT2D eigenvalue weighted by atomic mass is 9.59. The SMILES string of the molecule is CC1=C2C[C@H]3[C@@H](C[C@@]2(C)CCC1)OC(=O)[C@@H]3C[NH+]1CCN(c2ccc(F)cc2)CC1. The number of quaternary nitrogens is 1. The highest BCUT2D eigenvalue weighted by atomic mass is 19.1. The number of rotatable bonds is 3. The number of nitrogens with one attached hydrogen (secondary N) is 1. The van der Waals surface area contributed by atoms with E-state index in [9.17, 15) is 9.18 Å². The molecule has 30 heavy (non-hydrogen) atoms. The molecule has 1 saturated carbocycles. The van der Waals surface area contributed by atoms with E-state index in [4.69, 9.17) is 4.74 Å². The molecule has 2 aliphatic heterocycles. The van der Waals surface area contributed by atoms with Crippen LogP contribution in [0.4, 0.5) is 10.1 Å². The number of allylic oxidation sites excluding steroid dienone is 2. The molecule has 0 radical (unpaired) electrons. The molecule has 5 rings (SSSR count). The van der Waals surface area contributed by atoms with Crippen molar-refractivity contribution in [2.75, 3.05) is 37.6 Å². The average molecular weight is 414 g/mol.